The average molecular weight is 321 g/mol. The summed E-state index contributed by atoms with van der Waals surface area (Å²) in [6.45, 7) is 8.04. The molecule has 1 aliphatic carbocycles. The topological polar surface area (TPSA) is 63.5 Å². The molecule has 1 atom stereocenters. The van der Waals surface area contributed by atoms with E-state index in [1.807, 2.05) is 18.7 Å². The number of nitrogens with zero attached hydrogens (tertiary/aromatic N) is 5. The summed E-state index contributed by atoms with van der Waals surface area (Å²) in [5.74, 6) is 0.612. The maximum Gasteiger partial charge on any atom is 0.276 e. The largest absolute Gasteiger partial charge is 0.374 e. The van der Waals surface area contributed by atoms with E-state index in [4.69, 9.17) is 4.74 Å². The van der Waals surface area contributed by atoms with Gasteiger partial charge >= 0.3 is 0 Å². The predicted molar refractivity (Wildman–Crippen MR) is 86.3 cm³/mol. The van der Waals surface area contributed by atoms with Gasteiger partial charge in [-0.25, -0.2) is 4.68 Å². The molecular formula is C16H27N5O2. The molecule has 1 amide bonds. The van der Waals surface area contributed by atoms with Gasteiger partial charge in [0, 0.05) is 32.2 Å². The first-order chi connectivity index (χ1) is 11.0. The van der Waals surface area contributed by atoms with E-state index >= 15 is 0 Å². The number of carbonyl (C=O) groups is 1. The summed E-state index contributed by atoms with van der Waals surface area (Å²) in [6.07, 6.45) is 4.26. The lowest BCUT2D eigenvalue weighted by Gasteiger charge is -2.33. The van der Waals surface area contributed by atoms with E-state index in [2.05, 4.69) is 22.3 Å². The van der Waals surface area contributed by atoms with Crippen LogP contribution in [0.5, 0.6) is 0 Å². The minimum Gasteiger partial charge on any atom is -0.374 e. The Morgan fingerprint density at radius 1 is 1.43 bits per heavy atom. The Morgan fingerprint density at radius 2 is 2.22 bits per heavy atom. The Kier molecular flexibility index (Phi) is 4.96. The number of aromatic nitrogens is 3. The van der Waals surface area contributed by atoms with E-state index in [1.165, 1.54) is 12.8 Å². The van der Waals surface area contributed by atoms with Crippen LogP contribution in [-0.2, 0) is 4.74 Å². The van der Waals surface area contributed by atoms with Crippen molar-refractivity contribution in [2.24, 2.45) is 5.92 Å². The van der Waals surface area contributed by atoms with Gasteiger partial charge in [-0.05, 0) is 39.7 Å². The Balaban J connectivity index is 1.67. The molecular weight excluding hydrogens is 294 g/mol. The lowest BCUT2D eigenvalue weighted by molar-refractivity contribution is -0.0332. The smallest absolute Gasteiger partial charge is 0.276 e. The molecule has 23 heavy (non-hydrogen) atoms. The molecule has 0 bridgehead atoms. The first-order valence-electron chi connectivity index (χ1n) is 8.54. The summed E-state index contributed by atoms with van der Waals surface area (Å²) >= 11 is 0. The van der Waals surface area contributed by atoms with Gasteiger partial charge in [-0.1, -0.05) is 5.21 Å². The number of rotatable bonds is 6. The molecule has 0 aromatic carbocycles. The fourth-order valence-electron chi connectivity index (χ4n) is 2.86. The zero-order valence-corrected chi connectivity index (χ0v) is 14.3. The first-order valence-corrected chi connectivity index (χ1v) is 8.54. The van der Waals surface area contributed by atoms with Gasteiger partial charge in [0.2, 0.25) is 0 Å². The zero-order valence-electron chi connectivity index (χ0n) is 14.3. The average Bonchev–Trinajstić information content (AvgIpc) is 3.18. The van der Waals surface area contributed by atoms with Crippen LogP contribution in [0, 0.1) is 5.92 Å². The summed E-state index contributed by atoms with van der Waals surface area (Å²) in [5.41, 5.74) is 0.434. The van der Waals surface area contributed by atoms with Crippen LogP contribution < -0.4 is 0 Å². The number of morpholine rings is 1. The molecule has 0 N–H and O–H groups in total. The molecule has 0 radical (unpaired) electrons. The van der Waals surface area contributed by atoms with Gasteiger partial charge in [-0.15, -0.1) is 5.10 Å². The maximum absolute atomic E-state index is 12.8. The van der Waals surface area contributed by atoms with Gasteiger partial charge in [0.1, 0.15) is 0 Å². The zero-order chi connectivity index (χ0) is 16.4. The molecule has 1 aliphatic heterocycles. The summed E-state index contributed by atoms with van der Waals surface area (Å²) in [5, 5.41) is 8.12. The predicted octanol–water partition coefficient (Wildman–Crippen LogP) is 1.04. The van der Waals surface area contributed by atoms with E-state index in [0.29, 0.717) is 18.2 Å². The summed E-state index contributed by atoms with van der Waals surface area (Å²) < 4.78 is 7.56. The van der Waals surface area contributed by atoms with Crippen molar-refractivity contribution in [3.05, 3.63) is 11.9 Å². The van der Waals surface area contributed by atoms with Crippen molar-refractivity contribution in [2.75, 3.05) is 39.8 Å². The van der Waals surface area contributed by atoms with Crippen LogP contribution in [-0.4, -0.2) is 76.6 Å². The van der Waals surface area contributed by atoms with Gasteiger partial charge in [0.15, 0.2) is 5.69 Å². The lowest BCUT2D eigenvalue weighted by Crippen LogP contribution is -2.48. The molecule has 1 aromatic heterocycles. The fraction of sp³-hybridized carbons (Fsp3) is 0.812. The van der Waals surface area contributed by atoms with Gasteiger partial charge in [-0.3, -0.25) is 4.79 Å². The number of carbonyl (C=O) groups excluding carboxylic acids is 1. The van der Waals surface area contributed by atoms with E-state index < -0.39 is 0 Å². The van der Waals surface area contributed by atoms with Crippen molar-refractivity contribution in [1.82, 2.24) is 24.8 Å². The molecule has 128 valence electrons. The van der Waals surface area contributed by atoms with Crippen molar-refractivity contribution in [3.63, 3.8) is 0 Å². The first kappa shape index (κ1) is 16.4. The summed E-state index contributed by atoms with van der Waals surface area (Å²) in [4.78, 5) is 17.0. The van der Waals surface area contributed by atoms with Crippen LogP contribution in [0.1, 0.15) is 43.2 Å². The molecule has 1 unspecified atom stereocenters. The highest BCUT2D eigenvalue weighted by Crippen LogP contribution is 2.30. The van der Waals surface area contributed by atoms with Crippen LogP contribution in [0.25, 0.3) is 0 Å². The third kappa shape index (κ3) is 4.29. The molecule has 1 saturated heterocycles. The molecule has 2 heterocycles. The Hall–Kier alpha value is -1.47. The third-order valence-corrected chi connectivity index (χ3v) is 4.49. The number of amides is 1. The van der Waals surface area contributed by atoms with E-state index in [-0.39, 0.29) is 18.1 Å². The molecule has 0 spiro atoms. The number of likely N-dealkylation sites (N-methyl/N-ethyl adjacent to an activating group) is 1. The highest BCUT2D eigenvalue weighted by Gasteiger charge is 2.31. The molecule has 7 nitrogen and oxygen atoms in total. The Bertz CT molecular complexity index is 540. The van der Waals surface area contributed by atoms with Crippen LogP contribution in [0.4, 0.5) is 0 Å². The van der Waals surface area contributed by atoms with E-state index in [9.17, 15) is 4.79 Å². The fourth-order valence-corrected chi connectivity index (χ4v) is 2.86. The van der Waals surface area contributed by atoms with Gasteiger partial charge < -0.3 is 14.5 Å². The van der Waals surface area contributed by atoms with Crippen molar-refractivity contribution in [1.29, 1.82) is 0 Å². The molecule has 2 aliphatic rings. The van der Waals surface area contributed by atoms with Crippen LogP contribution in [0.15, 0.2) is 6.20 Å². The highest BCUT2D eigenvalue weighted by molar-refractivity contribution is 5.92. The minimum absolute atomic E-state index is 0.0272. The monoisotopic (exact) mass is 321 g/mol. The Morgan fingerprint density at radius 3 is 2.83 bits per heavy atom. The molecule has 7 heteroatoms. The number of hydrogen-bond donors (Lipinski definition) is 0. The third-order valence-electron chi connectivity index (χ3n) is 4.49. The molecule has 1 saturated carbocycles. The lowest BCUT2D eigenvalue weighted by atomic mass is 10.2. The van der Waals surface area contributed by atoms with Crippen molar-refractivity contribution >= 4 is 5.91 Å². The van der Waals surface area contributed by atoms with Crippen molar-refractivity contribution in [2.45, 2.75) is 38.8 Å². The van der Waals surface area contributed by atoms with Crippen molar-refractivity contribution in [3.8, 4) is 0 Å². The normalized spacial score (nSPS) is 22.5. The maximum atomic E-state index is 12.8. The highest BCUT2D eigenvalue weighted by atomic mass is 16.5. The standard InChI is InChI=1S/C16H27N5O2/c1-12(2)21-11-15(17-18-21)16(22)20(8-13-4-5-13)10-14-9-19(3)6-7-23-14/h11-14H,4-10H2,1-3H3. The SMILES string of the molecule is CC(C)n1cc(C(=O)N(CC2CC2)CC2CN(C)CCO2)nn1. The quantitative estimate of drug-likeness (QED) is 0.783. The van der Waals surface area contributed by atoms with Crippen LogP contribution >= 0.6 is 0 Å². The molecule has 2 fully saturated rings. The second-order valence-corrected chi connectivity index (χ2v) is 7.09. The van der Waals surface area contributed by atoms with E-state index in [0.717, 1.165) is 26.2 Å². The van der Waals surface area contributed by atoms with Gasteiger partial charge in [0.25, 0.3) is 5.91 Å². The number of ether oxygens (including phenoxy) is 1. The van der Waals surface area contributed by atoms with Crippen molar-refractivity contribution < 1.29 is 9.53 Å². The van der Waals surface area contributed by atoms with E-state index in [1.54, 1.807) is 10.9 Å². The molecule has 3 rings (SSSR count). The summed E-state index contributed by atoms with van der Waals surface area (Å²) in [7, 11) is 2.09. The number of hydrogen-bond acceptors (Lipinski definition) is 5. The minimum atomic E-state index is -0.0272. The van der Waals surface area contributed by atoms with Crippen LogP contribution in [0.2, 0.25) is 0 Å². The second-order valence-electron chi connectivity index (χ2n) is 7.09. The van der Waals surface area contributed by atoms with Gasteiger partial charge in [-0.2, -0.15) is 0 Å². The van der Waals surface area contributed by atoms with Gasteiger partial charge in [0.05, 0.1) is 18.9 Å². The van der Waals surface area contributed by atoms with Crippen LogP contribution in [0.3, 0.4) is 0 Å². The summed E-state index contributed by atoms with van der Waals surface area (Å²) in [6, 6.07) is 0.205. The molecule has 1 aromatic rings. The second kappa shape index (κ2) is 6.97. The Labute approximate surface area is 137 Å².